The molecule has 18 heteroatoms. The average molecular weight is 799 g/mol. The second-order valence-corrected chi connectivity index (χ2v) is 14.3. The van der Waals surface area contributed by atoms with Crippen LogP contribution in [0.25, 0.3) is 0 Å². The van der Waals surface area contributed by atoms with Crippen LogP contribution in [0.3, 0.4) is 0 Å². The van der Waals surface area contributed by atoms with E-state index >= 15 is 0 Å². The molecule has 2 aliphatic carbocycles. The quantitative estimate of drug-likeness (QED) is 0.0462. The topological polar surface area (TPSA) is 186 Å². The van der Waals surface area contributed by atoms with Gasteiger partial charge in [0.05, 0.1) is 12.1 Å². The van der Waals surface area contributed by atoms with Crippen LogP contribution in [-0.4, -0.2) is 64.8 Å². The van der Waals surface area contributed by atoms with Crippen molar-refractivity contribution in [1.82, 2.24) is 20.3 Å². The maximum Gasteiger partial charge on any atom is 0.422 e. The number of nitrogens with one attached hydrogen (secondary N) is 5. The molecule has 1 heterocycles. The fourth-order valence-electron chi connectivity index (χ4n) is 6.51. The normalized spacial score (nSPS) is 15.9. The third kappa shape index (κ3) is 10.4. The predicted molar refractivity (Wildman–Crippen MR) is 205 cm³/mol. The van der Waals surface area contributed by atoms with Crippen LogP contribution in [-0.2, 0) is 15.1 Å². The zero-order valence-corrected chi connectivity index (χ0v) is 31.3. The number of aromatic nitrogens is 3. The van der Waals surface area contributed by atoms with E-state index in [9.17, 15) is 32.3 Å². The molecule has 5 N–H and O–H groups in total. The SMILES string of the molecule is CCOC(=O)C(CCNc1c(NC2CCCCCC2)c(=O)c1=O)NC(=O)c1ccc(Nc2nc(NC3(c4ccc(Cl)cc4)CC3)nc(OCC(F)(F)F)n2)cc1. The molecule has 2 fully saturated rings. The lowest BCUT2D eigenvalue weighted by Gasteiger charge is -2.22. The van der Waals surface area contributed by atoms with Gasteiger partial charge in [-0.25, -0.2) is 4.79 Å². The van der Waals surface area contributed by atoms with E-state index in [1.807, 2.05) is 12.1 Å². The van der Waals surface area contributed by atoms with Crippen LogP contribution in [0.4, 0.5) is 42.1 Å². The minimum Gasteiger partial charge on any atom is -0.464 e. The molecule has 0 saturated heterocycles. The molecule has 0 aliphatic heterocycles. The zero-order chi connectivity index (χ0) is 39.9. The molecule has 298 valence electrons. The third-order valence-corrected chi connectivity index (χ3v) is 9.86. The number of nitrogens with zero attached hydrogens (tertiary/aromatic N) is 3. The van der Waals surface area contributed by atoms with E-state index in [4.69, 9.17) is 21.1 Å². The van der Waals surface area contributed by atoms with Gasteiger partial charge in [0.2, 0.25) is 11.9 Å². The van der Waals surface area contributed by atoms with Crippen molar-refractivity contribution >= 4 is 52.4 Å². The standard InChI is InChI=1S/C38H42ClF3N8O6/c1-2-55-33(54)27(17-20-43-28-29(31(52)30(28)51)44-25-7-5-3-4-6-8-25)46-32(53)22-9-15-26(16-10-22)45-34-47-35(49-36(48-34)56-21-38(40,41)42)50-37(18-19-37)23-11-13-24(39)14-12-23/h9-16,25,27,43-44H,2-8,17-21H2,1H3,(H,46,53)(H2,45,47,48,49,50). The summed E-state index contributed by atoms with van der Waals surface area (Å²) in [5.41, 5.74) is 0.138. The Kier molecular flexibility index (Phi) is 12.6. The summed E-state index contributed by atoms with van der Waals surface area (Å²) in [5.74, 6) is -1.40. The van der Waals surface area contributed by atoms with Gasteiger partial charge in [0.25, 0.3) is 16.8 Å². The highest BCUT2D eigenvalue weighted by Crippen LogP contribution is 2.48. The number of rotatable bonds is 17. The second kappa shape index (κ2) is 17.6. The highest BCUT2D eigenvalue weighted by Gasteiger charge is 2.45. The third-order valence-electron chi connectivity index (χ3n) is 9.61. The summed E-state index contributed by atoms with van der Waals surface area (Å²) in [7, 11) is 0. The summed E-state index contributed by atoms with van der Waals surface area (Å²) < 4.78 is 49.0. The summed E-state index contributed by atoms with van der Waals surface area (Å²) in [6, 6.07) is 11.6. The molecule has 2 saturated carbocycles. The van der Waals surface area contributed by atoms with Crippen molar-refractivity contribution in [2.75, 3.05) is 41.0 Å². The highest BCUT2D eigenvalue weighted by molar-refractivity contribution is 6.30. The van der Waals surface area contributed by atoms with Crippen molar-refractivity contribution in [2.24, 2.45) is 0 Å². The van der Waals surface area contributed by atoms with Crippen molar-refractivity contribution < 1.29 is 32.2 Å². The number of alkyl halides is 3. The summed E-state index contributed by atoms with van der Waals surface area (Å²) in [6.45, 7) is 0.191. The van der Waals surface area contributed by atoms with Crippen molar-refractivity contribution in [1.29, 1.82) is 0 Å². The van der Waals surface area contributed by atoms with Gasteiger partial charge in [-0.2, -0.15) is 28.1 Å². The molecule has 6 rings (SSSR count). The zero-order valence-electron chi connectivity index (χ0n) is 30.6. The fourth-order valence-corrected chi connectivity index (χ4v) is 6.63. The van der Waals surface area contributed by atoms with Gasteiger partial charge < -0.3 is 36.1 Å². The van der Waals surface area contributed by atoms with E-state index in [2.05, 4.69) is 41.5 Å². The smallest absolute Gasteiger partial charge is 0.422 e. The molecule has 0 spiro atoms. The number of hydrogen-bond donors (Lipinski definition) is 5. The van der Waals surface area contributed by atoms with Crippen molar-refractivity contribution in [3.63, 3.8) is 0 Å². The first-order chi connectivity index (χ1) is 26.8. The maximum absolute atomic E-state index is 13.3. The molecule has 1 unspecified atom stereocenters. The summed E-state index contributed by atoms with van der Waals surface area (Å²) in [4.78, 5) is 63.2. The number of ether oxygens (including phenoxy) is 2. The summed E-state index contributed by atoms with van der Waals surface area (Å²) >= 11 is 6.04. The lowest BCUT2D eigenvalue weighted by atomic mass is 10.1. The van der Waals surface area contributed by atoms with Crippen LogP contribution in [0.2, 0.25) is 5.02 Å². The van der Waals surface area contributed by atoms with E-state index in [-0.39, 0.29) is 54.4 Å². The molecule has 4 aromatic rings. The van der Waals surface area contributed by atoms with Crippen molar-refractivity contribution in [3.8, 4) is 6.01 Å². The monoisotopic (exact) mass is 798 g/mol. The lowest BCUT2D eigenvalue weighted by Crippen LogP contribution is -2.44. The van der Waals surface area contributed by atoms with Gasteiger partial charge in [0.15, 0.2) is 6.61 Å². The average Bonchev–Trinajstić information content (AvgIpc) is 3.99. The number of carbonyl (C=O) groups is 2. The van der Waals surface area contributed by atoms with Crippen LogP contribution in [0.5, 0.6) is 6.01 Å². The first-order valence-electron chi connectivity index (χ1n) is 18.5. The first kappa shape index (κ1) is 40.2. The second-order valence-electron chi connectivity index (χ2n) is 13.8. The Morgan fingerprint density at radius 1 is 0.911 bits per heavy atom. The van der Waals surface area contributed by atoms with Crippen LogP contribution < -0.4 is 42.2 Å². The molecule has 1 amide bonds. The molecular formula is C38H42ClF3N8O6. The van der Waals surface area contributed by atoms with Gasteiger partial charge >= 0.3 is 18.2 Å². The van der Waals surface area contributed by atoms with Crippen molar-refractivity contribution in [2.45, 2.75) is 88.5 Å². The Morgan fingerprint density at radius 2 is 1.57 bits per heavy atom. The van der Waals surface area contributed by atoms with E-state index < -0.39 is 53.1 Å². The molecular weight excluding hydrogens is 757 g/mol. The minimum atomic E-state index is -4.63. The summed E-state index contributed by atoms with van der Waals surface area (Å²) in [5, 5.41) is 15.5. The molecule has 0 bridgehead atoms. The lowest BCUT2D eigenvalue weighted by molar-refractivity contribution is -0.154. The van der Waals surface area contributed by atoms with E-state index in [0.717, 1.165) is 56.9 Å². The Labute approximate surface area is 325 Å². The Bertz CT molecular complexity index is 2060. The van der Waals surface area contributed by atoms with Crippen LogP contribution >= 0.6 is 11.6 Å². The largest absolute Gasteiger partial charge is 0.464 e. The van der Waals surface area contributed by atoms with Crippen LogP contribution in [0.15, 0.2) is 58.1 Å². The summed E-state index contributed by atoms with van der Waals surface area (Å²) in [6.07, 6.45) is 3.06. The van der Waals surface area contributed by atoms with E-state index in [1.54, 1.807) is 19.1 Å². The Morgan fingerprint density at radius 3 is 2.21 bits per heavy atom. The predicted octanol–water partition coefficient (Wildman–Crippen LogP) is 6.21. The molecule has 2 aliphatic rings. The highest BCUT2D eigenvalue weighted by atomic mass is 35.5. The number of halogens is 4. The van der Waals surface area contributed by atoms with Crippen molar-refractivity contribution in [3.05, 3.63) is 85.1 Å². The maximum atomic E-state index is 13.3. The van der Waals surface area contributed by atoms with E-state index in [0.29, 0.717) is 10.7 Å². The molecule has 56 heavy (non-hydrogen) atoms. The Balaban J connectivity index is 1.10. The van der Waals surface area contributed by atoms with Gasteiger partial charge in [0.1, 0.15) is 17.4 Å². The van der Waals surface area contributed by atoms with Crippen LogP contribution in [0, 0.1) is 0 Å². The van der Waals surface area contributed by atoms with Gasteiger partial charge in [-0.1, -0.05) is 49.4 Å². The molecule has 1 atom stereocenters. The molecule has 14 nitrogen and oxygen atoms in total. The van der Waals surface area contributed by atoms with Gasteiger partial charge in [-0.3, -0.25) is 14.4 Å². The number of anilines is 5. The minimum absolute atomic E-state index is 0.0145. The van der Waals surface area contributed by atoms with Gasteiger partial charge in [-0.15, -0.1) is 0 Å². The number of esters is 1. The number of hydrogen-bond acceptors (Lipinski definition) is 13. The van der Waals surface area contributed by atoms with Gasteiger partial charge in [0, 0.05) is 28.9 Å². The molecule has 1 aromatic heterocycles. The van der Waals surface area contributed by atoms with E-state index in [1.165, 1.54) is 24.3 Å². The van der Waals surface area contributed by atoms with Gasteiger partial charge in [-0.05, 0) is 81.0 Å². The first-order valence-corrected chi connectivity index (χ1v) is 18.9. The Hall–Kier alpha value is -5.45. The number of carbonyl (C=O) groups excluding carboxylic acids is 2. The fraction of sp³-hybridized carbons (Fsp3) is 0.447. The number of benzene rings is 2. The molecule has 0 radical (unpaired) electrons. The molecule has 3 aromatic carbocycles. The number of amides is 1. The van der Waals surface area contributed by atoms with Crippen LogP contribution in [0.1, 0.15) is 80.6 Å².